The molecule has 20 heavy (non-hydrogen) atoms. The molecule has 0 aromatic carbocycles. The summed E-state index contributed by atoms with van der Waals surface area (Å²) in [6.45, 7) is 0.896. The first-order chi connectivity index (χ1) is 9.26. The highest BCUT2D eigenvalue weighted by atomic mass is 16.4. The zero-order chi connectivity index (χ0) is 15.7. The molecule has 0 aromatic heterocycles. The summed E-state index contributed by atoms with van der Waals surface area (Å²) in [5.74, 6) is -2.65. The molecule has 1 unspecified atom stereocenters. The summed E-state index contributed by atoms with van der Waals surface area (Å²) >= 11 is 0. The Kier molecular flexibility index (Phi) is 7.71. The van der Waals surface area contributed by atoms with Gasteiger partial charge in [0, 0.05) is 6.04 Å². The Bertz CT molecular complexity index is 369. The lowest BCUT2D eigenvalue weighted by atomic mass is 10.1. The van der Waals surface area contributed by atoms with Crippen LogP contribution < -0.4 is 16.8 Å². The second kappa shape index (κ2) is 8.73. The Hall–Kier alpha value is -2.32. The first kappa shape index (κ1) is 17.7. The maximum atomic E-state index is 11.9. The third kappa shape index (κ3) is 7.90. The maximum absolute atomic E-state index is 11.9. The minimum Gasteiger partial charge on any atom is -0.481 e. The van der Waals surface area contributed by atoms with Crippen molar-refractivity contribution < 1.29 is 24.3 Å². The molecule has 114 valence electrons. The highest BCUT2D eigenvalue weighted by molar-refractivity contribution is 5.87. The van der Waals surface area contributed by atoms with Crippen LogP contribution in [0.4, 0.5) is 4.79 Å². The number of primary amides is 2. The Morgan fingerprint density at radius 3 is 2.00 bits per heavy atom. The molecule has 0 heterocycles. The van der Waals surface area contributed by atoms with E-state index in [4.69, 9.17) is 16.6 Å². The molecular formula is C11H20N4O5. The number of hydrogen-bond acceptors (Lipinski definition) is 4. The number of carbonyl (C=O) groups excluding carboxylic acids is 3. The average Bonchev–Trinajstić information content (AvgIpc) is 2.26. The van der Waals surface area contributed by atoms with Crippen LogP contribution in [0.3, 0.4) is 0 Å². The van der Waals surface area contributed by atoms with Gasteiger partial charge in [0.1, 0.15) is 13.1 Å². The van der Waals surface area contributed by atoms with Gasteiger partial charge in [-0.1, -0.05) is 13.3 Å². The fourth-order valence-electron chi connectivity index (χ4n) is 1.63. The van der Waals surface area contributed by atoms with Crippen LogP contribution in [0, 0.1) is 0 Å². The van der Waals surface area contributed by atoms with Gasteiger partial charge in [0.05, 0.1) is 6.42 Å². The van der Waals surface area contributed by atoms with E-state index in [1.807, 2.05) is 6.92 Å². The predicted octanol–water partition coefficient (Wildman–Crippen LogP) is -1.39. The standard InChI is InChI=1S/C11H20N4O5/c1-2-3-7(4-10(18)19)14-11(20)15(5-8(12)16)6-9(13)17/h7H,2-6H2,1H3,(H2,12,16)(H2,13,17)(H,14,20)(H,18,19). The van der Waals surface area contributed by atoms with Gasteiger partial charge in [0.15, 0.2) is 0 Å². The molecule has 0 saturated heterocycles. The predicted molar refractivity (Wildman–Crippen MR) is 69.4 cm³/mol. The van der Waals surface area contributed by atoms with E-state index in [1.54, 1.807) is 0 Å². The molecular weight excluding hydrogens is 268 g/mol. The van der Waals surface area contributed by atoms with Crippen molar-refractivity contribution in [3.8, 4) is 0 Å². The van der Waals surface area contributed by atoms with Crippen LogP contribution in [-0.4, -0.2) is 53.0 Å². The van der Waals surface area contributed by atoms with Gasteiger partial charge in [-0.2, -0.15) is 0 Å². The molecule has 1 atom stereocenters. The Labute approximate surface area is 116 Å². The van der Waals surface area contributed by atoms with Crippen LogP contribution in [-0.2, 0) is 14.4 Å². The van der Waals surface area contributed by atoms with Crippen LogP contribution in [0.2, 0.25) is 0 Å². The van der Waals surface area contributed by atoms with Gasteiger partial charge >= 0.3 is 12.0 Å². The molecule has 4 amide bonds. The topological polar surface area (TPSA) is 156 Å². The van der Waals surface area contributed by atoms with Crippen molar-refractivity contribution in [2.75, 3.05) is 13.1 Å². The number of nitrogens with two attached hydrogens (primary N) is 2. The van der Waals surface area contributed by atoms with Crippen molar-refractivity contribution in [3.63, 3.8) is 0 Å². The van der Waals surface area contributed by atoms with Crippen molar-refractivity contribution >= 4 is 23.8 Å². The number of carbonyl (C=O) groups is 4. The Morgan fingerprint density at radius 1 is 1.15 bits per heavy atom. The van der Waals surface area contributed by atoms with Crippen LogP contribution >= 0.6 is 0 Å². The van der Waals surface area contributed by atoms with Gasteiger partial charge in [0.25, 0.3) is 0 Å². The number of nitrogens with zero attached hydrogens (tertiary/aromatic N) is 1. The zero-order valence-corrected chi connectivity index (χ0v) is 11.3. The molecule has 9 heteroatoms. The maximum Gasteiger partial charge on any atom is 0.318 e. The first-order valence-corrected chi connectivity index (χ1v) is 6.10. The quantitative estimate of drug-likeness (QED) is 0.411. The third-order valence-electron chi connectivity index (χ3n) is 2.37. The minimum atomic E-state index is -1.06. The zero-order valence-electron chi connectivity index (χ0n) is 11.3. The Morgan fingerprint density at radius 2 is 1.65 bits per heavy atom. The lowest BCUT2D eigenvalue weighted by Gasteiger charge is -2.23. The summed E-state index contributed by atoms with van der Waals surface area (Å²) in [6, 6.07) is -1.34. The molecule has 0 aliphatic rings. The van der Waals surface area contributed by atoms with E-state index in [9.17, 15) is 19.2 Å². The van der Waals surface area contributed by atoms with Gasteiger partial charge in [-0.3, -0.25) is 14.4 Å². The molecule has 0 aliphatic heterocycles. The largest absolute Gasteiger partial charge is 0.481 e. The molecule has 9 nitrogen and oxygen atoms in total. The normalized spacial score (nSPS) is 11.4. The second-order valence-corrected chi connectivity index (χ2v) is 4.32. The summed E-state index contributed by atoms with van der Waals surface area (Å²) in [6.07, 6.45) is 0.878. The Balaban J connectivity index is 4.71. The van der Waals surface area contributed by atoms with Crippen LogP contribution in [0.15, 0.2) is 0 Å². The summed E-state index contributed by atoms with van der Waals surface area (Å²) in [5.41, 5.74) is 9.94. The van der Waals surface area contributed by atoms with Gasteiger partial charge in [-0.05, 0) is 6.42 Å². The van der Waals surface area contributed by atoms with Crippen molar-refractivity contribution in [3.05, 3.63) is 0 Å². The van der Waals surface area contributed by atoms with E-state index < -0.39 is 42.9 Å². The van der Waals surface area contributed by atoms with Crippen LogP contribution in [0.1, 0.15) is 26.2 Å². The fraction of sp³-hybridized carbons (Fsp3) is 0.636. The molecule has 0 saturated carbocycles. The molecule has 6 N–H and O–H groups in total. The molecule has 0 bridgehead atoms. The monoisotopic (exact) mass is 288 g/mol. The summed E-state index contributed by atoms with van der Waals surface area (Å²) in [4.78, 5) is 45.1. The van der Waals surface area contributed by atoms with Crippen molar-refractivity contribution in [1.29, 1.82) is 0 Å². The SMILES string of the molecule is CCCC(CC(=O)O)NC(=O)N(CC(N)=O)CC(N)=O. The van der Waals surface area contributed by atoms with Crippen molar-refractivity contribution in [1.82, 2.24) is 10.2 Å². The molecule has 0 aliphatic carbocycles. The summed E-state index contributed by atoms with van der Waals surface area (Å²) in [7, 11) is 0. The van der Waals surface area contributed by atoms with Gasteiger partial charge < -0.3 is 26.8 Å². The highest BCUT2D eigenvalue weighted by Gasteiger charge is 2.22. The van der Waals surface area contributed by atoms with E-state index in [0.717, 1.165) is 4.90 Å². The van der Waals surface area contributed by atoms with E-state index in [1.165, 1.54) is 0 Å². The van der Waals surface area contributed by atoms with Crippen LogP contribution in [0.25, 0.3) is 0 Å². The highest BCUT2D eigenvalue weighted by Crippen LogP contribution is 2.03. The van der Waals surface area contributed by atoms with E-state index in [0.29, 0.717) is 12.8 Å². The summed E-state index contributed by atoms with van der Waals surface area (Å²) in [5, 5.41) is 11.2. The van der Waals surface area contributed by atoms with Crippen molar-refractivity contribution in [2.45, 2.75) is 32.2 Å². The van der Waals surface area contributed by atoms with E-state index in [2.05, 4.69) is 5.32 Å². The number of carboxylic acid groups (broad SMARTS) is 1. The molecule has 0 aromatic rings. The first-order valence-electron chi connectivity index (χ1n) is 6.10. The average molecular weight is 288 g/mol. The molecule has 0 spiro atoms. The number of amides is 4. The number of urea groups is 1. The molecule has 0 rings (SSSR count). The van der Waals surface area contributed by atoms with Gasteiger partial charge in [0.2, 0.25) is 11.8 Å². The number of aliphatic carboxylic acids is 1. The van der Waals surface area contributed by atoms with E-state index >= 15 is 0 Å². The molecule has 0 radical (unpaired) electrons. The minimum absolute atomic E-state index is 0.249. The van der Waals surface area contributed by atoms with Gasteiger partial charge in [-0.25, -0.2) is 4.79 Å². The van der Waals surface area contributed by atoms with E-state index in [-0.39, 0.29) is 6.42 Å². The summed E-state index contributed by atoms with van der Waals surface area (Å²) < 4.78 is 0. The fourth-order valence-corrected chi connectivity index (χ4v) is 1.63. The lowest BCUT2D eigenvalue weighted by molar-refractivity contribution is -0.137. The number of rotatable bonds is 9. The third-order valence-corrected chi connectivity index (χ3v) is 2.37. The number of nitrogens with one attached hydrogen (secondary N) is 1. The van der Waals surface area contributed by atoms with Crippen LogP contribution in [0.5, 0.6) is 0 Å². The smallest absolute Gasteiger partial charge is 0.318 e. The number of carboxylic acids is 1. The lowest BCUT2D eigenvalue weighted by Crippen LogP contribution is -2.50. The van der Waals surface area contributed by atoms with Crippen molar-refractivity contribution in [2.24, 2.45) is 11.5 Å². The number of hydrogen-bond donors (Lipinski definition) is 4. The van der Waals surface area contributed by atoms with Gasteiger partial charge in [-0.15, -0.1) is 0 Å². The molecule has 0 fully saturated rings. The second-order valence-electron chi connectivity index (χ2n) is 4.32.